The average molecular weight is 349 g/mol. The Morgan fingerprint density at radius 2 is 1.87 bits per heavy atom. The van der Waals surface area contributed by atoms with E-state index in [0.29, 0.717) is 17.8 Å². The van der Waals surface area contributed by atoms with Gasteiger partial charge in [-0.25, -0.2) is 13.1 Å². The Morgan fingerprint density at radius 1 is 1.17 bits per heavy atom. The van der Waals surface area contributed by atoms with E-state index >= 15 is 0 Å². The monoisotopic (exact) mass is 349 g/mol. The zero-order valence-electron chi connectivity index (χ0n) is 13.1. The fourth-order valence-electron chi connectivity index (χ4n) is 1.91. The number of rotatable bonds is 7. The molecule has 0 unspecified atom stereocenters. The van der Waals surface area contributed by atoms with Crippen LogP contribution >= 0.6 is 11.3 Å². The van der Waals surface area contributed by atoms with Crippen LogP contribution in [-0.2, 0) is 16.4 Å². The number of thiophene rings is 1. The summed E-state index contributed by atoms with van der Waals surface area (Å²) < 4.78 is 26.4. The average Bonchev–Trinajstić information content (AvgIpc) is 2.96. The minimum atomic E-state index is -3.46. The maximum absolute atomic E-state index is 11.9. The third-order valence-electron chi connectivity index (χ3n) is 3.20. The van der Waals surface area contributed by atoms with Gasteiger partial charge in [0.2, 0.25) is 10.0 Å². The molecule has 0 aliphatic carbocycles. The van der Waals surface area contributed by atoms with Crippen molar-refractivity contribution in [1.29, 1.82) is 0 Å². The summed E-state index contributed by atoms with van der Waals surface area (Å²) >= 11 is 1.40. The Morgan fingerprint density at radius 3 is 2.48 bits per heavy atom. The first-order chi connectivity index (χ1) is 10.9. The molecule has 1 aromatic carbocycles. The molecule has 1 N–H and O–H groups in total. The lowest BCUT2D eigenvalue weighted by Crippen LogP contribution is -2.23. The molecule has 6 heteroatoms. The smallest absolute Gasteiger partial charge is 0.233 e. The van der Waals surface area contributed by atoms with E-state index in [-0.39, 0.29) is 5.78 Å². The molecule has 0 atom stereocenters. The largest absolute Gasteiger partial charge is 0.294 e. The van der Waals surface area contributed by atoms with Crippen molar-refractivity contribution < 1.29 is 13.2 Å². The second-order valence-corrected chi connectivity index (χ2v) is 8.04. The molecule has 0 fully saturated rings. The van der Waals surface area contributed by atoms with Gasteiger partial charge in [-0.3, -0.25) is 4.79 Å². The maximum Gasteiger partial charge on any atom is 0.233 e. The Bertz CT molecular complexity index is 803. The van der Waals surface area contributed by atoms with Gasteiger partial charge in [0.15, 0.2) is 5.78 Å². The minimum Gasteiger partial charge on any atom is -0.294 e. The van der Waals surface area contributed by atoms with Crippen molar-refractivity contribution in [3.8, 4) is 0 Å². The van der Waals surface area contributed by atoms with Crippen molar-refractivity contribution in [2.24, 2.45) is 0 Å². The first-order valence-corrected chi connectivity index (χ1v) is 9.56. The zero-order valence-corrected chi connectivity index (χ0v) is 14.7. The topological polar surface area (TPSA) is 63.2 Å². The number of hydrogen-bond donors (Lipinski definition) is 1. The zero-order chi connectivity index (χ0) is 16.9. The van der Waals surface area contributed by atoms with E-state index in [1.54, 1.807) is 12.1 Å². The quantitative estimate of drug-likeness (QED) is 0.779. The van der Waals surface area contributed by atoms with Crippen molar-refractivity contribution in [3.05, 3.63) is 62.7 Å². The molecule has 0 radical (unpaired) electrons. The molecule has 0 spiro atoms. The van der Waals surface area contributed by atoms with Crippen molar-refractivity contribution in [1.82, 2.24) is 4.72 Å². The van der Waals surface area contributed by atoms with Gasteiger partial charge in [-0.1, -0.05) is 29.8 Å². The molecule has 23 heavy (non-hydrogen) atoms. The standard InChI is InChI=1S/C17H19NO3S2/c1-13-3-5-15(6-4-13)10-12-23(20,21)18-11-9-16-7-8-17(22-16)14(2)19/h3-8,10,12,18H,9,11H2,1-2H3/b12-10+. The van der Waals surface area contributed by atoms with E-state index in [9.17, 15) is 13.2 Å². The van der Waals surface area contributed by atoms with E-state index in [0.717, 1.165) is 16.0 Å². The van der Waals surface area contributed by atoms with Gasteiger partial charge in [0.05, 0.1) is 4.88 Å². The van der Waals surface area contributed by atoms with Crippen LogP contribution < -0.4 is 4.72 Å². The lowest BCUT2D eigenvalue weighted by atomic mass is 10.2. The molecule has 122 valence electrons. The summed E-state index contributed by atoms with van der Waals surface area (Å²) in [6, 6.07) is 11.2. The molecule has 4 nitrogen and oxygen atoms in total. The lowest BCUT2D eigenvalue weighted by molar-refractivity contribution is 0.102. The Balaban J connectivity index is 1.88. The molecule has 0 aliphatic rings. The number of nitrogens with one attached hydrogen (secondary N) is 1. The second kappa shape index (κ2) is 7.68. The number of hydrogen-bond acceptors (Lipinski definition) is 4. The Labute approximate surface area is 140 Å². The van der Waals surface area contributed by atoms with Gasteiger partial charge in [0.25, 0.3) is 0 Å². The van der Waals surface area contributed by atoms with E-state index in [1.807, 2.05) is 37.3 Å². The molecular weight excluding hydrogens is 330 g/mol. The van der Waals surface area contributed by atoms with Crippen molar-refractivity contribution in [3.63, 3.8) is 0 Å². The molecule has 0 amide bonds. The van der Waals surface area contributed by atoms with Crippen LogP contribution in [0.3, 0.4) is 0 Å². The van der Waals surface area contributed by atoms with Gasteiger partial charge in [0.1, 0.15) is 0 Å². The van der Waals surface area contributed by atoms with Crippen molar-refractivity contribution >= 4 is 33.2 Å². The van der Waals surface area contributed by atoms with E-state index in [4.69, 9.17) is 0 Å². The molecule has 2 rings (SSSR count). The fraction of sp³-hybridized carbons (Fsp3) is 0.235. The predicted molar refractivity (Wildman–Crippen MR) is 95.2 cm³/mol. The number of carbonyl (C=O) groups is 1. The molecule has 1 heterocycles. The number of aryl methyl sites for hydroxylation is 1. The summed E-state index contributed by atoms with van der Waals surface area (Å²) in [7, 11) is -3.46. The molecule has 2 aromatic rings. The van der Waals surface area contributed by atoms with Gasteiger partial charge in [-0.2, -0.15) is 0 Å². The highest BCUT2D eigenvalue weighted by atomic mass is 32.2. The van der Waals surface area contributed by atoms with Gasteiger partial charge >= 0.3 is 0 Å². The fourth-order valence-corrected chi connectivity index (χ4v) is 3.63. The highest BCUT2D eigenvalue weighted by Crippen LogP contribution is 2.17. The van der Waals surface area contributed by atoms with Crippen LogP contribution in [-0.4, -0.2) is 20.7 Å². The summed E-state index contributed by atoms with van der Waals surface area (Å²) in [5.41, 5.74) is 1.97. The van der Waals surface area contributed by atoms with E-state index < -0.39 is 10.0 Å². The number of sulfonamides is 1. The summed E-state index contributed by atoms with van der Waals surface area (Å²) in [4.78, 5) is 12.9. The van der Waals surface area contributed by atoms with E-state index in [1.165, 1.54) is 23.7 Å². The molecule has 1 aromatic heterocycles. The highest BCUT2D eigenvalue weighted by Gasteiger charge is 2.07. The van der Waals surface area contributed by atoms with Crippen molar-refractivity contribution in [2.75, 3.05) is 6.54 Å². The van der Waals surface area contributed by atoms with Gasteiger partial charge in [-0.05, 0) is 44.0 Å². The van der Waals surface area contributed by atoms with E-state index in [2.05, 4.69) is 4.72 Å². The first kappa shape index (κ1) is 17.6. The lowest BCUT2D eigenvalue weighted by Gasteiger charge is -2.01. The SMILES string of the molecule is CC(=O)c1ccc(CCNS(=O)(=O)/C=C/c2ccc(C)cc2)s1. The number of carbonyl (C=O) groups excluding carboxylic acids is 1. The summed E-state index contributed by atoms with van der Waals surface area (Å²) in [6.07, 6.45) is 2.14. The summed E-state index contributed by atoms with van der Waals surface area (Å²) in [6.45, 7) is 3.81. The van der Waals surface area contributed by atoms with Crippen LogP contribution in [0.5, 0.6) is 0 Å². The third kappa shape index (κ3) is 5.74. The van der Waals surface area contributed by atoms with Crippen LogP contribution in [0.25, 0.3) is 6.08 Å². The second-order valence-electron chi connectivity index (χ2n) is 5.22. The molecule has 0 bridgehead atoms. The van der Waals surface area contributed by atoms with Crippen LogP contribution in [0.15, 0.2) is 41.8 Å². The number of benzene rings is 1. The van der Waals surface area contributed by atoms with Crippen molar-refractivity contribution in [2.45, 2.75) is 20.3 Å². The van der Waals surface area contributed by atoms with Gasteiger partial charge in [0, 0.05) is 16.8 Å². The highest BCUT2D eigenvalue weighted by molar-refractivity contribution is 7.92. The minimum absolute atomic E-state index is 0.0304. The number of ketones is 1. The first-order valence-electron chi connectivity index (χ1n) is 7.20. The molecule has 0 saturated carbocycles. The number of Topliss-reactive ketones (excluding diaryl/α,β-unsaturated/α-hetero) is 1. The van der Waals surface area contributed by atoms with Gasteiger partial charge in [-0.15, -0.1) is 11.3 Å². The normalized spacial score (nSPS) is 11.9. The molecule has 0 aliphatic heterocycles. The summed E-state index contributed by atoms with van der Waals surface area (Å²) in [5.74, 6) is 0.0304. The van der Waals surface area contributed by atoms with Crippen LogP contribution in [0.4, 0.5) is 0 Å². The van der Waals surface area contributed by atoms with Gasteiger partial charge < -0.3 is 0 Å². The predicted octanol–water partition coefficient (Wildman–Crippen LogP) is 3.39. The Hall–Kier alpha value is -1.76. The van der Waals surface area contributed by atoms with Crippen LogP contribution in [0, 0.1) is 6.92 Å². The summed E-state index contributed by atoms with van der Waals surface area (Å²) in [5, 5.41) is 1.17. The third-order valence-corrected chi connectivity index (χ3v) is 5.55. The van der Waals surface area contributed by atoms with Crippen LogP contribution in [0.1, 0.15) is 32.6 Å². The molecule has 0 saturated heterocycles. The van der Waals surface area contributed by atoms with Crippen LogP contribution in [0.2, 0.25) is 0 Å². The maximum atomic E-state index is 11.9. The Kier molecular flexibility index (Phi) is 5.87. The molecular formula is C17H19NO3S2.